The SMILES string of the molecule is COc1ccccc1CCC(N)N1CCC(c2ccccc2)N(C(=O)c2cc(C(F)(F)F)cc(C(F)(F)F)c2)CC1. The number of nitrogens with zero attached hydrogens (tertiary/aromatic N) is 2. The topological polar surface area (TPSA) is 58.8 Å². The van der Waals surface area contributed by atoms with Crippen molar-refractivity contribution in [3.8, 4) is 5.75 Å². The van der Waals surface area contributed by atoms with Crippen LogP contribution in [0.3, 0.4) is 0 Å². The maximum atomic E-state index is 13.7. The van der Waals surface area contributed by atoms with Gasteiger partial charge in [-0.3, -0.25) is 9.69 Å². The number of ether oxygens (including phenoxy) is 1. The second kappa shape index (κ2) is 12.5. The molecule has 2 atom stereocenters. The molecule has 4 rings (SSSR count). The molecular formula is C30H31F6N3O2. The van der Waals surface area contributed by atoms with E-state index in [2.05, 4.69) is 0 Å². The van der Waals surface area contributed by atoms with Crippen LogP contribution in [0.2, 0.25) is 0 Å². The van der Waals surface area contributed by atoms with Gasteiger partial charge in [-0.05, 0) is 54.7 Å². The lowest BCUT2D eigenvalue weighted by molar-refractivity contribution is -0.143. The highest BCUT2D eigenvalue weighted by molar-refractivity contribution is 5.95. The van der Waals surface area contributed by atoms with Crippen LogP contribution in [-0.4, -0.2) is 48.6 Å². The molecule has 0 bridgehead atoms. The predicted molar refractivity (Wildman–Crippen MR) is 142 cm³/mol. The van der Waals surface area contributed by atoms with E-state index in [0.29, 0.717) is 44.5 Å². The largest absolute Gasteiger partial charge is 0.496 e. The minimum Gasteiger partial charge on any atom is -0.496 e. The molecule has 3 aromatic carbocycles. The van der Waals surface area contributed by atoms with E-state index in [1.54, 1.807) is 37.4 Å². The van der Waals surface area contributed by atoms with E-state index in [1.807, 2.05) is 29.2 Å². The lowest BCUT2D eigenvalue weighted by Gasteiger charge is -2.31. The lowest BCUT2D eigenvalue weighted by atomic mass is 9.99. The Balaban J connectivity index is 1.61. The lowest BCUT2D eigenvalue weighted by Crippen LogP contribution is -2.44. The van der Waals surface area contributed by atoms with Crippen molar-refractivity contribution >= 4 is 5.91 Å². The van der Waals surface area contributed by atoms with E-state index in [4.69, 9.17) is 10.5 Å². The molecule has 0 radical (unpaired) electrons. The van der Waals surface area contributed by atoms with Gasteiger partial charge >= 0.3 is 12.4 Å². The van der Waals surface area contributed by atoms with Crippen LogP contribution in [0.25, 0.3) is 0 Å². The number of hydrogen-bond acceptors (Lipinski definition) is 4. The van der Waals surface area contributed by atoms with Gasteiger partial charge in [0.25, 0.3) is 5.91 Å². The molecule has 0 saturated carbocycles. The highest BCUT2D eigenvalue weighted by Crippen LogP contribution is 2.37. The number of amides is 1. The number of rotatable bonds is 7. The third kappa shape index (κ3) is 7.39. The summed E-state index contributed by atoms with van der Waals surface area (Å²) < 4.78 is 86.5. The van der Waals surface area contributed by atoms with Crippen molar-refractivity contribution in [2.75, 3.05) is 26.7 Å². The van der Waals surface area contributed by atoms with Gasteiger partial charge < -0.3 is 15.4 Å². The minimum atomic E-state index is -5.06. The summed E-state index contributed by atoms with van der Waals surface area (Å²) >= 11 is 0. The summed E-state index contributed by atoms with van der Waals surface area (Å²) in [7, 11) is 1.59. The summed E-state index contributed by atoms with van der Waals surface area (Å²) in [6.45, 7) is 0.846. The molecule has 0 spiro atoms. The molecule has 1 aliphatic rings. The van der Waals surface area contributed by atoms with E-state index in [0.717, 1.165) is 16.9 Å². The second-order valence-electron chi connectivity index (χ2n) is 9.96. The number of halogens is 6. The molecule has 2 unspecified atom stereocenters. The normalized spacial score (nSPS) is 17.7. The number of hydrogen-bond donors (Lipinski definition) is 1. The molecule has 1 aliphatic heterocycles. The number of para-hydroxylation sites is 1. The van der Waals surface area contributed by atoms with Crippen LogP contribution in [0.4, 0.5) is 26.3 Å². The molecule has 5 nitrogen and oxygen atoms in total. The Kier molecular flexibility index (Phi) is 9.28. The zero-order valence-corrected chi connectivity index (χ0v) is 22.4. The van der Waals surface area contributed by atoms with Crippen LogP contribution >= 0.6 is 0 Å². The Bertz CT molecular complexity index is 1300. The van der Waals surface area contributed by atoms with Crippen molar-refractivity contribution in [2.45, 2.75) is 43.8 Å². The first-order valence-electron chi connectivity index (χ1n) is 13.2. The number of methoxy groups -OCH3 is 1. The number of carbonyl (C=O) groups is 1. The number of aryl methyl sites for hydroxylation is 1. The van der Waals surface area contributed by atoms with E-state index in [9.17, 15) is 31.1 Å². The van der Waals surface area contributed by atoms with Crippen molar-refractivity contribution in [1.29, 1.82) is 0 Å². The maximum absolute atomic E-state index is 13.7. The number of alkyl halides is 6. The summed E-state index contributed by atoms with van der Waals surface area (Å²) in [5.41, 5.74) is 4.54. The minimum absolute atomic E-state index is 0.0242. The monoisotopic (exact) mass is 579 g/mol. The Labute approximate surface area is 234 Å². The second-order valence-corrected chi connectivity index (χ2v) is 9.96. The van der Waals surface area contributed by atoms with Crippen molar-refractivity contribution in [2.24, 2.45) is 5.73 Å². The first-order valence-corrected chi connectivity index (χ1v) is 13.2. The first-order chi connectivity index (χ1) is 19.4. The first kappa shape index (κ1) is 30.4. The maximum Gasteiger partial charge on any atom is 0.416 e. The van der Waals surface area contributed by atoms with Crippen LogP contribution in [0, 0.1) is 0 Å². The molecule has 0 aromatic heterocycles. The van der Waals surface area contributed by atoms with Gasteiger partial charge in [-0.1, -0.05) is 48.5 Å². The van der Waals surface area contributed by atoms with E-state index >= 15 is 0 Å². The third-order valence-electron chi connectivity index (χ3n) is 7.34. The summed E-state index contributed by atoms with van der Waals surface area (Å²) in [5, 5.41) is 0. The Morgan fingerprint density at radius 3 is 2.12 bits per heavy atom. The molecule has 1 amide bonds. The van der Waals surface area contributed by atoms with Gasteiger partial charge in [0, 0.05) is 25.2 Å². The van der Waals surface area contributed by atoms with Crippen LogP contribution in [-0.2, 0) is 18.8 Å². The summed E-state index contributed by atoms with van der Waals surface area (Å²) in [4.78, 5) is 17.0. The van der Waals surface area contributed by atoms with Crippen LogP contribution in [0.5, 0.6) is 5.75 Å². The van der Waals surface area contributed by atoms with E-state index < -0.39 is 47.2 Å². The zero-order chi connectivity index (χ0) is 29.8. The van der Waals surface area contributed by atoms with Crippen LogP contribution in [0.1, 0.15) is 51.5 Å². The average Bonchev–Trinajstić information content (AvgIpc) is 3.18. The third-order valence-corrected chi connectivity index (χ3v) is 7.34. The Morgan fingerprint density at radius 2 is 1.51 bits per heavy atom. The van der Waals surface area contributed by atoms with Gasteiger partial charge in [0.2, 0.25) is 0 Å². The molecule has 1 fully saturated rings. The fourth-order valence-corrected chi connectivity index (χ4v) is 5.18. The van der Waals surface area contributed by atoms with Gasteiger partial charge in [0.1, 0.15) is 5.75 Å². The molecule has 1 saturated heterocycles. The summed E-state index contributed by atoms with van der Waals surface area (Å²) in [5.74, 6) is -0.157. The van der Waals surface area contributed by atoms with Gasteiger partial charge in [-0.2, -0.15) is 26.3 Å². The molecule has 11 heteroatoms. The molecular weight excluding hydrogens is 548 g/mol. The number of nitrogens with two attached hydrogens (primary N) is 1. The molecule has 41 heavy (non-hydrogen) atoms. The molecule has 0 aliphatic carbocycles. The van der Waals surface area contributed by atoms with E-state index in [1.165, 1.54) is 4.90 Å². The van der Waals surface area contributed by atoms with Crippen molar-refractivity contribution in [3.63, 3.8) is 0 Å². The standard InChI is InChI=1S/C30H31F6N3O2/c1-41-26-10-6-5-9-21(26)11-12-27(37)38-14-13-25(20-7-3-2-4-8-20)39(16-15-38)28(40)22-17-23(29(31,32)33)19-24(18-22)30(34,35)36/h2-10,17-19,25,27H,11-16,37H2,1H3. The number of carbonyl (C=O) groups excluding carboxylic acids is 1. The molecule has 2 N–H and O–H groups in total. The van der Waals surface area contributed by atoms with Gasteiger partial charge in [-0.15, -0.1) is 0 Å². The van der Waals surface area contributed by atoms with Crippen molar-refractivity contribution in [3.05, 3.63) is 101 Å². The van der Waals surface area contributed by atoms with Crippen molar-refractivity contribution in [1.82, 2.24) is 9.80 Å². The summed E-state index contributed by atoms with van der Waals surface area (Å²) in [6.07, 6.45) is -8.90. The van der Waals surface area contributed by atoms with Gasteiger partial charge in [0.15, 0.2) is 0 Å². The van der Waals surface area contributed by atoms with Gasteiger partial charge in [0.05, 0.1) is 30.4 Å². The zero-order valence-electron chi connectivity index (χ0n) is 22.4. The average molecular weight is 580 g/mol. The number of benzene rings is 3. The fraction of sp³-hybridized carbons (Fsp3) is 0.367. The Morgan fingerprint density at radius 1 is 0.902 bits per heavy atom. The smallest absolute Gasteiger partial charge is 0.416 e. The van der Waals surface area contributed by atoms with Crippen LogP contribution in [0.15, 0.2) is 72.8 Å². The predicted octanol–water partition coefficient (Wildman–Crippen LogP) is 6.54. The quantitative estimate of drug-likeness (QED) is 0.323. The summed E-state index contributed by atoms with van der Waals surface area (Å²) in [6, 6.07) is 16.9. The fourth-order valence-electron chi connectivity index (χ4n) is 5.18. The molecule has 220 valence electrons. The molecule has 1 heterocycles. The van der Waals surface area contributed by atoms with Crippen molar-refractivity contribution < 1.29 is 35.9 Å². The molecule has 3 aromatic rings. The highest BCUT2D eigenvalue weighted by atomic mass is 19.4. The Hall–Kier alpha value is -3.57. The van der Waals surface area contributed by atoms with Gasteiger partial charge in [-0.25, -0.2) is 0 Å². The van der Waals surface area contributed by atoms with E-state index in [-0.39, 0.29) is 12.6 Å². The highest BCUT2D eigenvalue weighted by Gasteiger charge is 2.39. The van der Waals surface area contributed by atoms with Crippen LogP contribution < -0.4 is 10.5 Å².